The number of rotatable bonds is 5. The number of likely N-dealkylation sites (tertiary alicyclic amines) is 1. The molecule has 2 rings (SSSR count). The van der Waals surface area contributed by atoms with Crippen molar-refractivity contribution in [3.63, 3.8) is 0 Å². The first kappa shape index (κ1) is 14.5. The zero-order valence-corrected chi connectivity index (χ0v) is 12.4. The SMILES string of the molecule is CCn1cncc1C(CN)N1CCCC(N(C)C)C1. The number of likely N-dealkylation sites (N-methyl/N-ethyl adjacent to an activating group) is 1. The molecule has 1 aromatic heterocycles. The molecule has 0 aromatic carbocycles. The first-order valence-corrected chi connectivity index (χ1v) is 7.28. The van der Waals surface area contributed by atoms with Crippen molar-refractivity contribution in [1.82, 2.24) is 19.4 Å². The molecular weight excluding hydrogens is 238 g/mol. The normalized spacial score (nSPS) is 22.9. The van der Waals surface area contributed by atoms with E-state index in [0.29, 0.717) is 18.6 Å². The minimum atomic E-state index is 0.296. The summed E-state index contributed by atoms with van der Waals surface area (Å²) in [5.41, 5.74) is 7.30. The lowest BCUT2D eigenvalue weighted by atomic mass is 10.0. The summed E-state index contributed by atoms with van der Waals surface area (Å²) in [4.78, 5) is 9.14. The van der Waals surface area contributed by atoms with E-state index >= 15 is 0 Å². The number of aromatic nitrogens is 2. The van der Waals surface area contributed by atoms with E-state index in [1.54, 1.807) is 0 Å². The summed E-state index contributed by atoms with van der Waals surface area (Å²) in [6.45, 7) is 6.01. The van der Waals surface area contributed by atoms with Gasteiger partial charge in [0.1, 0.15) is 0 Å². The van der Waals surface area contributed by atoms with Crippen LogP contribution in [0.2, 0.25) is 0 Å². The molecule has 1 saturated heterocycles. The lowest BCUT2D eigenvalue weighted by Gasteiger charge is -2.40. The quantitative estimate of drug-likeness (QED) is 0.860. The molecule has 2 atom stereocenters. The van der Waals surface area contributed by atoms with E-state index in [0.717, 1.165) is 19.6 Å². The van der Waals surface area contributed by atoms with Crippen LogP contribution in [0.5, 0.6) is 0 Å². The molecule has 5 nitrogen and oxygen atoms in total. The average Bonchev–Trinajstić information content (AvgIpc) is 2.88. The van der Waals surface area contributed by atoms with Crippen LogP contribution in [0.15, 0.2) is 12.5 Å². The lowest BCUT2D eigenvalue weighted by Crippen LogP contribution is -2.48. The van der Waals surface area contributed by atoms with E-state index < -0.39 is 0 Å². The van der Waals surface area contributed by atoms with Crippen LogP contribution in [0.25, 0.3) is 0 Å². The van der Waals surface area contributed by atoms with Gasteiger partial charge in [0.25, 0.3) is 0 Å². The Morgan fingerprint density at radius 3 is 2.95 bits per heavy atom. The minimum absolute atomic E-state index is 0.296. The zero-order valence-electron chi connectivity index (χ0n) is 12.4. The molecular formula is C14H27N5. The maximum atomic E-state index is 6.04. The predicted octanol–water partition coefficient (Wildman–Crippen LogP) is 0.929. The fourth-order valence-electron chi connectivity index (χ4n) is 3.02. The van der Waals surface area contributed by atoms with E-state index in [9.17, 15) is 0 Å². The van der Waals surface area contributed by atoms with Gasteiger partial charge in [-0.3, -0.25) is 4.90 Å². The van der Waals surface area contributed by atoms with Crippen LogP contribution < -0.4 is 5.73 Å². The average molecular weight is 265 g/mol. The Bertz CT molecular complexity index is 387. The van der Waals surface area contributed by atoms with Gasteiger partial charge in [-0.05, 0) is 40.4 Å². The van der Waals surface area contributed by atoms with Crippen LogP contribution in [0.1, 0.15) is 31.5 Å². The molecule has 5 heteroatoms. The minimum Gasteiger partial charge on any atom is -0.333 e. The fourth-order valence-corrected chi connectivity index (χ4v) is 3.02. The molecule has 1 aliphatic rings. The molecule has 1 aliphatic heterocycles. The molecule has 19 heavy (non-hydrogen) atoms. The van der Waals surface area contributed by atoms with Crippen LogP contribution in [0, 0.1) is 0 Å². The number of aryl methyl sites for hydroxylation is 1. The second-order valence-electron chi connectivity index (χ2n) is 5.61. The third-order valence-electron chi connectivity index (χ3n) is 4.25. The highest BCUT2D eigenvalue weighted by Gasteiger charge is 2.28. The first-order valence-electron chi connectivity index (χ1n) is 7.28. The summed E-state index contributed by atoms with van der Waals surface area (Å²) >= 11 is 0. The molecule has 0 spiro atoms. The van der Waals surface area contributed by atoms with Crippen LogP contribution in [0.4, 0.5) is 0 Å². The van der Waals surface area contributed by atoms with Crippen LogP contribution in [-0.2, 0) is 6.54 Å². The summed E-state index contributed by atoms with van der Waals surface area (Å²) in [5, 5.41) is 0. The molecule has 2 heterocycles. The van der Waals surface area contributed by atoms with Gasteiger partial charge in [0.2, 0.25) is 0 Å². The third-order valence-corrected chi connectivity index (χ3v) is 4.25. The summed E-state index contributed by atoms with van der Waals surface area (Å²) in [6.07, 6.45) is 6.42. The molecule has 1 aromatic rings. The highest BCUT2D eigenvalue weighted by Crippen LogP contribution is 2.25. The number of hydrogen-bond donors (Lipinski definition) is 1. The van der Waals surface area contributed by atoms with Crippen molar-refractivity contribution in [3.05, 3.63) is 18.2 Å². The smallest absolute Gasteiger partial charge is 0.0948 e. The van der Waals surface area contributed by atoms with Crippen LogP contribution in [0.3, 0.4) is 0 Å². The second-order valence-corrected chi connectivity index (χ2v) is 5.61. The summed E-state index contributed by atoms with van der Waals surface area (Å²) in [7, 11) is 4.34. The first-order chi connectivity index (χ1) is 9.17. The van der Waals surface area contributed by atoms with E-state index in [1.165, 1.54) is 18.5 Å². The fraction of sp³-hybridized carbons (Fsp3) is 0.786. The van der Waals surface area contributed by atoms with Crippen molar-refractivity contribution in [2.24, 2.45) is 5.73 Å². The number of imidazole rings is 1. The van der Waals surface area contributed by atoms with E-state index in [4.69, 9.17) is 5.73 Å². The van der Waals surface area contributed by atoms with Gasteiger partial charge < -0.3 is 15.2 Å². The van der Waals surface area contributed by atoms with Gasteiger partial charge in [0, 0.05) is 31.9 Å². The number of nitrogens with two attached hydrogens (primary N) is 1. The molecule has 0 bridgehead atoms. The van der Waals surface area contributed by atoms with Crippen molar-refractivity contribution in [2.45, 2.75) is 38.4 Å². The summed E-state index contributed by atoms with van der Waals surface area (Å²) in [6, 6.07) is 0.936. The highest BCUT2D eigenvalue weighted by atomic mass is 15.2. The van der Waals surface area contributed by atoms with Crippen molar-refractivity contribution < 1.29 is 0 Å². The van der Waals surface area contributed by atoms with E-state index in [2.05, 4.69) is 40.4 Å². The molecule has 0 aliphatic carbocycles. The standard InChI is InChI=1S/C14H27N5/c1-4-18-11-16-9-14(18)13(8-15)19-7-5-6-12(10-19)17(2)3/h9,11-13H,4-8,10,15H2,1-3H3. The molecule has 0 saturated carbocycles. The zero-order chi connectivity index (χ0) is 13.8. The van der Waals surface area contributed by atoms with Gasteiger partial charge in [-0.2, -0.15) is 0 Å². The second kappa shape index (κ2) is 6.50. The number of hydrogen-bond acceptors (Lipinski definition) is 4. The topological polar surface area (TPSA) is 50.3 Å². The summed E-state index contributed by atoms with van der Waals surface area (Å²) in [5.74, 6) is 0. The van der Waals surface area contributed by atoms with Crippen molar-refractivity contribution in [3.8, 4) is 0 Å². The third kappa shape index (κ3) is 3.16. The van der Waals surface area contributed by atoms with Gasteiger partial charge in [0.15, 0.2) is 0 Å². The summed E-state index contributed by atoms with van der Waals surface area (Å²) < 4.78 is 2.21. The largest absolute Gasteiger partial charge is 0.333 e. The maximum absolute atomic E-state index is 6.04. The van der Waals surface area contributed by atoms with E-state index in [1.807, 2.05) is 12.5 Å². The van der Waals surface area contributed by atoms with Gasteiger partial charge in [-0.1, -0.05) is 0 Å². The van der Waals surface area contributed by atoms with Crippen molar-refractivity contribution in [2.75, 3.05) is 33.7 Å². The van der Waals surface area contributed by atoms with Gasteiger partial charge in [-0.15, -0.1) is 0 Å². The maximum Gasteiger partial charge on any atom is 0.0948 e. The Labute approximate surface area is 116 Å². The number of nitrogens with zero attached hydrogens (tertiary/aromatic N) is 4. The van der Waals surface area contributed by atoms with Gasteiger partial charge in [0.05, 0.1) is 18.1 Å². The van der Waals surface area contributed by atoms with E-state index in [-0.39, 0.29) is 0 Å². The molecule has 0 radical (unpaired) electrons. The predicted molar refractivity (Wildman–Crippen MR) is 78.0 cm³/mol. The molecule has 108 valence electrons. The van der Waals surface area contributed by atoms with Crippen LogP contribution in [-0.4, -0.2) is 59.1 Å². The monoisotopic (exact) mass is 265 g/mol. The number of piperidine rings is 1. The van der Waals surface area contributed by atoms with Crippen LogP contribution >= 0.6 is 0 Å². The molecule has 2 unspecified atom stereocenters. The highest BCUT2D eigenvalue weighted by molar-refractivity contribution is 5.07. The Kier molecular flexibility index (Phi) is 4.96. The molecule has 0 amide bonds. The Morgan fingerprint density at radius 2 is 2.32 bits per heavy atom. The van der Waals surface area contributed by atoms with Crippen molar-refractivity contribution >= 4 is 0 Å². The lowest BCUT2D eigenvalue weighted by molar-refractivity contribution is 0.0953. The van der Waals surface area contributed by atoms with Gasteiger partial charge >= 0.3 is 0 Å². The van der Waals surface area contributed by atoms with Gasteiger partial charge in [-0.25, -0.2) is 4.98 Å². The van der Waals surface area contributed by atoms with Crippen molar-refractivity contribution in [1.29, 1.82) is 0 Å². The Hall–Kier alpha value is -0.910. The molecule has 1 fully saturated rings. The molecule has 2 N–H and O–H groups in total. The Morgan fingerprint density at radius 1 is 1.53 bits per heavy atom. The Balaban J connectivity index is 2.13.